The highest BCUT2D eigenvalue weighted by Crippen LogP contribution is 2.27. The Hall–Kier alpha value is -1.97. The van der Waals surface area contributed by atoms with E-state index in [1.54, 1.807) is 0 Å². The van der Waals surface area contributed by atoms with Gasteiger partial charge in [0.15, 0.2) is 0 Å². The zero-order chi connectivity index (χ0) is 18.4. The third-order valence-electron chi connectivity index (χ3n) is 4.19. The molecule has 2 nitrogen and oxygen atoms in total. The van der Waals surface area contributed by atoms with Gasteiger partial charge in [-0.1, -0.05) is 70.9 Å². The minimum absolute atomic E-state index is 0.495. The fraction of sp³-hybridized carbons (Fsp3) is 0.182. The second-order valence-electron chi connectivity index (χ2n) is 6.04. The summed E-state index contributed by atoms with van der Waals surface area (Å²) in [7, 11) is 0. The molecule has 0 amide bonds. The first-order valence-electron chi connectivity index (χ1n) is 8.63. The van der Waals surface area contributed by atoms with Gasteiger partial charge in [0.05, 0.1) is 5.02 Å². The van der Waals surface area contributed by atoms with Crippen LogP contribution in [0.15, 0.2) is 71.2 Å². The molecule has 0 atom stereocenters. The van der Waals surface area contributed by atoms with Crippen LogP contribution in [-0.4, -0.2) is 0 Å². The first-order chi connectivity index (χ1) is 12.7. The van der Waals surface area contributed by atoms with Crippen molar-refractivity contribution in [3.8, 4) is 5.75 Å². The van der Waals surface area contributed by atoms with Gasteiger partial charge in [-0.25, -0.2) is 0 Å². The van der Waals surface area contributed by atoms with E-state index in [1.807, 2.05) is 48.5 Å². The number of para-hydroxylation sites is 1. The molecule has 0 radical (unpaired) electrons. The number of hydrogen-bond donors (Lipinski definition) is 1. The molecule has 0 aliphatic rings. The van der Waals surface area contributed by atoms with E-state index in [9.17, 15) is 0 Å². The van der Waals surface area contributed by atoms with E-state index in [0.717, 1.165) is 28.6 Å². The smallest absolute Gasteiger partial charge is 0.138 e. The van der Waals surface area contributed by atoms with Gasteiger partial charge >= 0.3 is 0 Å². The first kappa shape index (κ1) is 18.8. The quantitative estimate of drug-likeness (QED) is 0.442. The van der Waals surface area contributed by atoms with E-state index in [1.165, 1.54) is 11.3 Å². The highest BCUT2D eigenvalue weighted by atomic mass is 79.9. The fourth-order valence-corrected chi connectivity index (χ4v) is 3.23. The van der Waals surface area contributed by atoms with Gasteiger partial charge in [-0.15, -0.1) is 0 Å². The maximum absolute atomic E-state index is 6.40. The van der Waals surface area contributed by atoms with E-state index < -0.39 is 0 Å². The van der Waals surface area contributed by atoms with Crippen molar-refractivity contribution < 1.29 is 4.74 Å². The van der Waals surface area contributed by atoms with Gasteiger partial charge in [-0.05, 0) is 53.4 Å². The molecule has 3 aromatic carbocycles. The van der Waals surface area contributed by atoms with Crippen LogP contribution in [-0.2, 0) is 19.6 Å². The predicted molar refractivity (Wildman–Crippen MR) is 113 cm³/mol. The van der Waals surface area contributed by atoms with Gasteiger partial charge in [0.25, 0.3) is 0 Å². The van der Waals surface area contributed by atoms with Crippen LogP contribution in [0.25, 0.3) is 0 Å². The molecule has 0 saturated heterocycles. The number of nitrogens with one attached hydrogen (secondary N) is 1. The average Bonchev–Trinajstić information content (AvgIpc) is 2.67. The van der Waals surface area contributed by atoms with Crippen LogP contribution in [0.4, 0.5) is 5.69 Å². The lowest BCUT2D eigenvalue weighted by Crippen LogP contribution is -2.02. The van der Waals surface area contributed by atoms with Crippen LogP contribution >= 0.6 is 27.5 Å². The van der Waals surface area contributed by atoms with Crippen molar-refractivity contribution in [3.63, 3.8) is 0 Å². The predicted octanol–water partition coefficient (Wildman–Crippen LogP) is 6.86. The second kappa shape index (κ2) is 9.11. The molecular weight excluding hydrogens is 410 g/mol. The average molecular weight is 431 g/mol. The molecule has 26 heavy (non-hydrogen) atoms. The third kappa shape index (κ3) is 5.03. The van der Waals surface area contributed by atoms with Crippen LogP contribution in [0.3, 0.4) is 0 Å². The number of benzene rings is 3. The lowest BCUT2D eigenvalue weighted by atomic mass is 10.1. The van der Waals surface area contributed by atoms with Gasteiger partial charge in [0.2, 0.25) is 0 Å². The minimum Gasteiger partial charge on any atom is -0.487 e. The summed E-state index contributed by atoms with van der Waals surface area (Å²) in [4.78, 5) is 0. The summed E-state index contributed by atoms with van der Waals surface area (Å²) in [5.41, 5.74) is 4.71. The van der Waals surface area contributed by atoms with Crippen LogP contribution in [0, 0.1) is 0 Å². The highest BCUT2D eigenvalue weighted by molar-refractivity contribution is 9.10. The van der Waals surface area contributed by atoms with Gasteiger partial charge in [-0.3, -0.25) is 0 Å². The van der Waals surface area contributed by atoms with Crippen molar-refractivity contribution in [1.29, 1.82) is 0 Å². The Morgan fingerprint density at radius 2 is 1.69 bits per heavy atom. The van der Waals surface area contributed by atoms with Crippen molar-refractivity contribution in [2.24, 2.45) is 0 Å². The number of rotatable bonds is 7. The molecule has 0 fully saturated rings. The third-order valence-corrected chi connectivity index (χ3v) is 5.01. The molecule has 0 saturated carbocycles. The zero-order valence-corrected chi connectivity index (χ0v) is 17.0. The lowest BCUT2D eigenvalue weighted by Gasteiger charge is -2.13. The number of anilines is 1. The fourth-order valence-electron chi connectivity index (χ4n) is 2.71. The van der Waals surface area contributed by atoms with E-state index in [0.29, 0.717) is 17.4 Å². The summed E-state index contributed by atoms with van der Waals surface area (Å²) >= 11 is 9.83. The highest BCUT2D eigenvalue weighted by Gasteiger charge is 2.05. The van der Waals surface area contributed by atoms with Gasteiger partial charge in [0.1, 0.15) is 12.4 Å². The monoisotopic (exact) mass is 429 g/mol. The van der Waals surface area contributed by atoms with E-state index in [-0.39, 0.29) is 0 Å². The molecule has 0 aromatic heterocycles. The topological polar surface area (TPSA) is 21.3 Å². The second-order valence-corrected chi connectivity index (χ2v) is 7.37. The number of ether oxygens (including phenoxy) is 1. The zero-order valence-electron chi connectivity index (χ0n) is 14.6. The maximum atomic E-state index is 6.40. The van der Waals surface area contributed by atoms with Crippen molar-refractivity contribution in [2.75, 3.05) is 5.32 Å². The Morgan fingerprint density at radius 1 is 0.962 bits per heavy atom. The Labute approximate surface area is 168 Å². The van der Waals surface area contributed by atoms with Crippen molar-refractivity contribution in [2.45, 2.75) is 26.5 Å². The van der Waals surface area contributed by atoms with E-state index in [4.69, 9.17) is 16.3 Å². The molecule has 0 aliphatic heterocycles. The number of halogens is 2. The van der Waals surface area contributed by atoms with Gasteiger partial charge in [0, 0.05) is 16.7 Å². The van der Waals surface area contributed by atoms with Crippen LogP contribution in [0.2, 0.25) is 5.02 Å². The molecule has 0 bridgehead atoms. The Morgan fingerprint density at radius 3 is 2.42 bits per heavy atom. The van der Waals surface area contributed by atoms with Crippen LogP contribution in [0.1, 0.15) is 23.6 Å². The molecule has 0 unspecified atom stereocenters. The van der Waals surface area contributed by atoms with Crippen molar-refractivity contribution in [1.82, 2.24) is 0 Å². The molecule has 134 valence electrons. The van der Waals surface area contributed by atoms with Gasteiger partial charge in [-0.2, -0.15) is 0 Å². The molecule has 1 N–H and O–H groups in total. The van der Waals surface area contributed by atoms with Crippen molar-refractivity contribution in [3.05, 3.63) is 92.9 Å². The molecule has 3 rings (SSSR count). The summed E-state index contributed by atoms with van der Waals surface area (Å²) in [5.74, 6) is 0.701. The first-order valence-corrected chi connectivity index (χ1v) is 9.80. The Bertz CT molecular complexity index is 864. The Balaban J connectivity index is 1.61. The van der Waals surface area contributed by atoms with Gasteiger partial charge < -0.3 is 10.1 Å². The molecule has 0 aliphatic carbocycles. The standard InChI is InChI=1S/C22H21BrClNO/c1-2-18-5-3-4-6-21(18)25-14-17-9-12-22(20(24)13-17)26-15-16-7-10-19(23)11-8-16/h3-13,25H,2,14-15H2,1H3. The van der Waals surface area contributed by atoms with Crippen molar-refractivity contribution >= 4 is 33.2 Å². The largest absolute Gasteiger partial charge is 0.487 e. The summed E-state index contributed by atoms with van der Waals surface area (Å²) in [6, 6.07) is 22.4. The summed E-state index contributed by atoms with van der Waals surface area (Å²) in [5, 5.41) is 4.12. The maximum Gasteiger partial charge on any atom is 0.138 e. The Kier molecular flexibility index (Phi) is 6.59. The molecular formula is C22H21BrClNO. The van der Waals surface area contributed by atoms with E-state index >= 15 is 0 Å². The summed E-state index contributed by atoms with van der Waals surface area (Å²) in [6.07, 6.45) is 1.01. The normalized spacial score (nSPS) is 10.6. The molecule has 4 heteroatoms. The van der Waals surface area contributed by atoms with Crippen LogP contribution < -0.4 is 10.1 Å². The molecule has 3 aromatic rings. The molecule has 0 heterocycles. The summed E-state index contributed by atoms with van der Waals surface area (Å²) < 4.78 is 6.91. The molecule has 0 spiro atoms. The summed E-state index contributed by atoms with van der Waals surface area (Å²) in [6.45, 7) is 3.38. The lowest BCUT2D eigenvalue weighted by molar-refractivity contribution is 0.306. The number of hydrogen-bond acceptors (Lipinski definition) is 2. The SMILES string of the molecule is CCc1ccccc1NCc1ccc(OCc2ccc(Br)cc2)c(Cl)c1. The van der Waals surface area contributed by atoms with E-state index in [2.05, 4.69) is 46.4 Å². The minimum atomic E-state index is 0.495. The number of aryl methyl sites for hydroxylation is 1. The van der Waals surface area contributed by atoms with Crippen LogP contribution in [0.5, 0.6) is 5.75 Å².